The number of amides is 3. The van der Waals surface area contributed by atoms with Crippen LogP contribution < -0.4 is 21.3 Å². The van der Waals surface area contributed by atoms with Gasteiger partial charge in [0.1, 0.15) is 12.1 Å². The highest BCUT2D eigenvalue weighted by molar-refractivity contribution is 7.84. The second-order valence-electron chi connectivity index (χ2n) is 13.8. The maximum Gasteiger partial charge on any atom is 0.251 e. The summed E-state index contributed by atoms with van der Waals surface area (Å²) in [5, 5.41) is 12.5. The van der Waals surface area contributed by atoms with Gasteiger partial charge in [-0.15, -0.1) is 0 Å². The second-order valence-corrected chi connectivity index (χ2v) is 15.4. The smallest absolute Gasteiger partial charge is 0.251 e. The summed E-state index contributed by atoms with van der Waals surface area (Å²) >= 11 is 0. The van der Waals surface area contributed by atoms with Gasteiger partial charge >= 0.3 is 0 Å². The number of aryl methyl sites for hydroxylation is 1. The standard InChI is InChI=1S/C37H54N4O4S/c1-25(2)22-34(37(44)39-32-11-6-5-10-31(32)30-9-7-8-26(3)23-30)41-36(43)33(18-21-46(4)45)40-35(42)29-14-12-27(13-15-29)24-28-16-19-38-20-17-28/h7-9,12-15,23,25,28,31-34,38H,5-6,10-11,16-22,24H2,1-4H3,(H,39,44)(H,40,42)(H,41,43)/t31-,32?,33-,34-,46?/m0/s1. The zero-order valence-corrected chi connectivity index (χ0v) is 28.9. The van der Waals surface area contributed by atoms with Crippen molar-refractivity contribution < 1.29 is 18.6 Å². The van der Waals surface area contributed by atoms with Gasteiger partial charge in [0.2, 0.25) is 11.8 Å². The number of hydrogen-bond donors (Lipinski definition) is 4. The van der Waals surface area contributed by atoms with E-state index in [1.807, 2.05) is 38.1 Å². The molecule has 1 aliphatic carbocycles. The van der Waals surface area contributed by atoms with Crippen molar-refractivity contribution in [3.8, 4) is 0 Å². The summed E-state index contributed by atoms with van der Waals surface area (Å²) in [4.78, 5) is 40.8. The zero-order chi connectivity index (χ0) is 33.1. The van der Waals surface area contributed by atoms with E-state index >= 15 is 0 Å². The molecule has 4 rings (SSSR count). The van der Waals surface area contributed by atoms with Crippen molar-refractivity contribution in [1.29, 1.82) is 0 Å². The number of piperidine rings is 1. The fourth-order valence-electron chi connectivity index (χ4n) is 6.87. The second kappa shape index (κ2) is 17.8. The highest BCUT2D eigenvalue weighted by Gasteiger charge is 2.32. The van der Waals surface area contributed by atoms with E-state index in [4.69, 9.17) is 0 Å². The van der Waals surface area contributed by atoms with Crippen LogP contribution >= 0.6 is 0 Å². The lowest BCUT2D eigenvalue weighted by Crippen LogP contribution is -2.56. The van der Waals surface area contributed by atoms with Crippen LogP contribution in [0.2, 0.25) is 0 Å². The summed E-state index contributed by atoms with van der Waals surface area (Å²) in [5.41, 5.74) is 4.11. The Morgan fingerprint density at radius 3 is 2.30 bits per heavy atom. The number of carbonyl (C=O) groups is 3. The summed E-state index contributed by atoms with van der Waals surface area (Å²) in [7, 11) is -1.14. The molecule has 252 valence electrons. The van der Waals surface area contributed by atoms with Crippen LogP contribution in [0.25, 0.3) is 0 Å². The summed E-state index contributed by atoms with van der Waals surface area (Å²) in [5.74, 6) is 0.311. The van der Waals surface area contributed by atoms with Gasteiger partial charge < -0.3 is 21.3 Å². The maximum absolute atomic E-state index is 13.8. The lowest BCUT2D eigenvalue weighted by Gasteiger charge is -2.34. The third-order valence-corrected chi connectivity index (χ3v) is 10.2. The molecule has 3 amide bonds. The average molecular weight is 651 g/mol. The van der Waals surface area contributed by atoms with Gasteiger partial charge in [-0.1, -0.05) is 68.7 Å². The first-order valence-electron chi connectivity index (χ1n) is 17.2. The minimum absolute atomic E-state index is 0.00891. The molecule has 2 aromatic rings. The topological polar surface area (TPSA) is 116 Å². The van der Waals surface area contributed by atoms with Crippen LogP contribution in [0, 0.1) is 18.8 Å². The van der Waals surface area contributed by atoms with Gasteiger partial charge in [-0.3, -0.25) is 18.6 Å². The molecule has 1 saturated carbocycles. The average Bonchev–Trinajstić information content (AvgIpc) is 3.03. The first kappa shape index (κ1) is 35.8. The van der Waals surface area contributed by atoms with E-state index in [1.165, 1.54) is 16.7 Å². The molecule has 0 aromatic heterocycles. The summed E-state index contributed by atoms with van der Waals surface area (Å²) < 4.78 is 12.0. The zero-order valence-electron chi connectivity index (χ0n) is 28.1. The van der Waals surface area contributed by atoms with Crippen LogP contribution in [0.4, 0.5) is 0 Å². The number of rotatable bonds is 14. The fourth-order valence-corrected chi connectivity index (χ4v) is 7.44. The predicted molar refractivity (Wildman–Crippen MR) is 186 cm³/mol. The molecule has 2 aromatic carbocycles. The fraction of sp³-hybridized carbons (Fsp3) is 0.595. The van der Waals surface area contributed by atoms with Crippen molar-refractivity contribution in [3.63, 3.8) is 0 Å². The van der Waals surface area contributed by atoms with Gasteiger partial charge in [0, 0.05) is 40.3 Å². The van der Waals surface area contributed by atoms with Crippen molar-refractivity contribution in [2.24, 2.45) is 11.8 Å². The van der Waals surface area contributed by atoms with Gasteiger partial charge in [0.25, 0.3) is 5.91 Å². The Labute approximate surface area is 278 Å². The SMILES string of the molecule is Cc1cccc([C@@H]2CCCCC2NC(=O)[C@H](CC(C)C)NC(=O)[C@H](CCS(C)=O)NC(=O)c2ccc(CC3CCNCC3)cc2)c1. The van der Waals surface area contributed by atoms with Gasteiger partial charge in [-0.25, -0.2) is 0 Å². The van der Waals surface area contributed by atoms with E-state index in [-0.39, 0.29) is 41.9 Å². The molecule has 0 bridgehead atoms. The van der Waals surface area contributed by atoms with Crippen LogP contribution in [0.1, 0.15) is 98.2 Å². The molecule has 0 spiro atoms. The minimum Gasteiger partial charge on any atom is -0.351 e. The van der Waals surface area contributed by atoms with Gasteiger partial charge in [-0.05, 0) is 100 Å². The Hall–Kier alpha value is -3.04. The highest BCUT2D eigenvalue weighted by Crippen LogP contribution is 2.33. The Morgan fingerprint density at radius 2 is 1.63 bits per heavy atom. The van der Waals surface area contributed by atoms with Crippen LogP contribution in [-0.2, 0) is 26.8 Å². The molecule has 5 atom stereocenters. The molecule has 1 aliphatic heterocycles. The molecule has 1 saturated heterocycles. The van der Waals surface area contributed by atoms with Crippen molar-refractivity contribution >= 4 is 28.5 Å². The Balaban J connectivity index is 1.42. The predicted octanol–water partition coefficient (Wildman–Crippen LogP) is 4.78. The third-order valence-electron chi connectivity index (χ3n) is 9.42. The van der Waals surface area contributed by atoms with E-state index < -0.39 is 28.8 Å². The van der Waals surface area contributed by atoms with Gasteiger partial charge in [-0.2, -0.15) is 0 Å². The van der Waals surface area contributed by atoms with E-state index in [2.05, 4.69) is 52.5 Å². The van der Waals surface area contributed by atoms with Crippen molar-refractivity contribution in [1.82, 2.24) is 21.3 Å². The number of hydrogen-bond acceptors (Lipinski definition) is 5. The largest absolute Gasteiger partial charge is 0.351 e. The Morgan fingerprint density at radius 1 is 0.913 bits per heavy atom. The molecular formula is C37H54N4O4S. The molecule has 8 nitrogen and oxygen atoms in total. The van der Waals surface area contributed by atoms with Crippen LogP contribution in [-0.4, -0.2) is 65.2 Å². The normalized spacial score (nSPS) is 20.8. The van der Waals surface area contributed by atoms with E-state index in [1.54, 1.807) is 6.26 Å². The lowest BCUT2D eigenvalue weighted by atomic mass is 9.79. The number of nitrogens with one attached hydrogen (secondary N) is 4. The molecule has 2 fully saturated rings. The monoisotopic (exact) mass is 650 g/mol. The van der Waals surface area contributed by atoms with E-state index in [0.717, 1.165) is 58.0 Å². The summed E-state index contributed by atoms with van der Waals surface area (Å²) in [6, 6.07) is 14.4. The minimum atomic E-state index is -1.14. The van der Waals surface area contributed by atoms with Crippen LogP contribution in [0.5, 0.6) is 0 Å². The molecule has 0 radical (unpaired) electrons. The molecule has 46 heavy (non-hydrogen) atoms. The van der Waals surface area contributed by atoms with Gasteiger partial charge in [0.05, 0.1) is 0 Å². The van der Waals surface area contributed by atoms with E-state index in [9.17, 15) is 18.6 Å². The highest BCUT2D eigenvalue weighted by atomic mass is 32.2. The molecule has 2 aliphatic rings. The molecule has 4 N–H and O–H groups in total. The van der Waals surface area contributed by atoms with E-state index in [0.29, 0.717) is 17.9 Å². The first-order chi connectivity index (χ1) is 22.1. The van der Waals surface area contributed by atoms with Crippen molar-refractivity contribution in [2.75, 3.05) is 25.1 Å². The maximum atomic E-state index is 13.8. The molecule has 2 unspecified atom stereocenters. The van der Waals surface area contributed by atoms with Crippen molar-refractivity contribution in [2.45, 2.75) is 103 Å². The quantitative estimate of drug-likeness (QED) is 0.235. The molecule has 1 heterocycles. The lowest BCUT2D eigenvalue weighted by molar-refractivity contribution is -0.130. The van der Waals surface area contributed by atoms with Crippen molar-refractivity contribution in [3.05, 3.63) is 70.8 Å². The van der Waals surface area contributed by atoms with Crippen LogP contribution in [0.15, 0.2) is 48.5 Å². The Bertz CT molecular complexity index is 1320. The molecule has 9 heteroatoms. The summed E-state index contributed by atoms with van der Waals surface area (Å²) in [6.07, 6.45) is 9.64. The summed E-state index contributed by atoms with van der Waals surface area (Å²) in [6.45, 7) is 8.23. The van der Waals surface area contributed by atoms with Crippen LogP contribution in [0.3, 0.4) is 0 Å². The number of benzene rings is 2. The third kappa shape index (κ3) is 11.0. The molecular weight excluding hydrogens is 596 g/mol. The number of carbonyl (C=O) groups excluding carboxylic acids is 3. The first-order valence-corrected chi connectivity index (χ1v) is 18.9. The Kier molecular flexibility index (Phi) is 13.8. The van der Waals surface area contributed by atoms with Gasteiger partial charge in [0.15, 0.2) is 0 Å².